The van der Waals surface area contributed by atoms with Crippen molar-refractivity contribution in [2.45, 2.75) is 114 Å². The first-order valence-corrected chi connectivity index (χ1v) is 23.8. The van der Waals surface area contributed by atoms with E-state index < -0.39 is 170 Å². The third-order valence-corrected chi connectivity index (χ3v) is 10.8. The molecule has 1 aromatic carbocycles. The van der Waals surface area contributed by atoms with Crippen molar-refractivity contribution >= 4 is 102 Å². The fourth-order valence-corrected chi connectivity index (χ4v) is 6.91. The minimum Gasteiger partial charge on any atom is -0.394 e. The van der Waals surface area contributed by atoms with Gasteiger partial charge in [-0.15, -0.1) is 0 Å². The minimum atomic E-state index is -1.76. The molecule has 0 saturated heterocycles. The molecule has 0 aliphatic rings. The summed E-state index contributed by atoms with van der Waals surface area (Å²) in [6, 6.07) is -3.74. The monoisotopic (exact) mass is 1070 g/mol. The van der Waals surface area contributed by atoms with E-state index in [1.54, 1.807) is 44.2 Å². The van der Waals surface area contributed by atoms with Gasteiger partial charge in [0.05, 0.1) is 32.2 Å². The van der Waals surface area contributed by atoms with Crippen LogP contribution < -0.4 is 70.4 Å². The molecule has 0 radical (unpaired) electrons. The second-order valence-corrected chi connectivity index (χ2v) is 17.6. The van der Waals surface area contributed by atoms with E-state index in [1.807, 2.05) is 0 Å². The third-order valence-electron chi connectivity index (χ3n) is 10.1. The Bertz CT molecular complexity index is 2140. The molecule has 1 rings (SSSR count). The van der Waals surface area contributed by atoms with Gasteiger partial charge in [-0.3, -0.25) is 62.3 Å². The summed E-state index contributed by atoms with van der Waals surface area (Å²) in [5.41, 5.74) is 16.3. The van der Waals surface area contributed by atoms with Crippen molar-refractivity contribution in [1.29, 1.82) is 0 Å². The van der Waals surface area contributed by atoms with E-state index in [0.29, 0.717) is 5.56 Å². The Morgan fingerprint density at radius 3 is 1.51 bits per heavy atom. The van der Waals surface area contributed by atoms with E-state index in [4.69, 9.17) is 17.2 Å². The molecule has 0 aliphatic carbocycles. The SMILES string of the molecule is CC(=O)N[C@@H](CS)C(=O)NCC(=O)N[C@@H](CC(N)=O)C(=O)N[C@@H](CCC(N)=O)C(=O)NCC(=O)N[C@@H](CO)C(=O)N[C@@H](Cc1ccccc1)C(=O)N[C@@H](CC(C)C)C(=O)N[C@H](C(=O)N[C@@H](CS)C(N)=O)[C@@H](C)O. The average molecular weight is 1070 g/mol. The number of hydrogen-bond acceptors (Lipinski definition) is 17. The summed E-state index contributed by atoms with van der Waals surface area (Å²) in [5.74, 6) is -13.1. The third kappa shape index (κ3) is 24.8. The van der Waals surface area contributed by atoms with Crippen molar-refractivity contribution in [2.24, 2.45) is 23.1 Å². The lowest BCUT2D eigenvalue weighted by atomic mass is 10.00. The Kier molecular flexibility index (Phi) is 28.8. The van der Waals surface area contributed by atoms with Crippen molar-refractivity contribution in [3.63, 3.8) is 0 Å². The second-order valence-electron chi connectivity index (χ2n) is 16.8. The van der Waals surface area contributed by atoms with E-state index in [0.717, 1.165) is 6.92 Å². The maximum atomic E-state index is 14.0. The van der Waals surface area contributed by atoms with Crippen molar-refractivity contribution in [3.8, 4) is 0 Å². The van der Waals surface area contributed by atoms with E-state index >= 15 is 0 Å². The summed E-state index contributed by atoms with van der Waals surface area (Å²) >= 11 is 7.94. The standard InChI is InChI=1S/C43H67N13O15S2/c1-20(2)12-25(41(69)56-35(21(3)58)43(71)55-29(18-72)36(46)64)53-39(67)26(13-23-8-6-5-7-9-23)54-42(70)28(17-57)51-34(63)16-47-37(65)24(10-11-31(44)60)52-40(68)27(14-32(45)61)50-33(62)15-48-38(66)30(19-73)49-22(4)59/h5-9,20-21,24-30,35,57-58,72-73H,10-19H2,1-4H3,(H2,44,60)(H2,45,61)(H2,46,64)(H,47,65)(H,48,66)(H,49,59)(H,50,62)(H,51,63)(H,52,68)(H,53,67)(H,54,70)(H,55,71)(H,56,69)/t21-,24+,25+,26+,27+,28+,29+,30+,35+/m1/s1. The maximum absolute atomic E-state index is 14.0. The number of aliphatic hydroxyl groups excluding tert-OH is 2. The molecule has 0 heterocycles. The van der Waals surface area contributed by atoms with E-state index in [2.05, 4.69) is 78.4 Å². The first-order valence-electron chi connectivity index (χ1n) is 22.6. The summed E-state index contributed by atoms with van der Waals surface area (Å²) in [7, 11) is 0. The van der Waals surface area contributed by atoms with Gasteiger partial charge in [0, 0.05) is 31.3 Å². The smallest absolute Gasteiger partial charge is 0.245 e. The lowest BCUT2D eigenvalue weighted by molar-refractivity contribution is -0.136. The molecule has 18 N–H and O–H groups in total. The molecule has 28 nitrogen and oxygen atoms in total. The molecular weight excluding hydrogens is 1000 g/mol. The van der Waals surface area contributed by atoms with Gasteiger partial charge in [0.25, 0.3) is 0 Å². The summed E-state index contributed by atoms with van der Waals surface area (Å²) in [6.07, 6.45) is -3.47. The van der Waals surface area contributed by atoms with Crippen LogP contribution >= 0.6 is 25.3 Å². The number of amides is 13. The molecule has 0 saturated carbocycles. The topological polar surface area (TPSA) is 461 Å². The Morgan fingerprint density at radius 1 is 0.548 bits per heavy atom. The largest absolute Gasteiger partial charge is 0.394 e. The van der Waals surface area contributed by atoms with Crippen LogP contribution in [-0.2, 0) is 68.7 Å². The van der Waals surface area contributed by atoms with Gasteiger partial charge >= 0.3 is 0 Å². The summed E-state index contributed by atoms with van der Waals surface area (Å²) in [5, 5.41) is 43.5. The lowest BCUT2D eigenvalue weighted by Crippen LogP contribution is -2.61. The van der Waals surface area contributed by atoms with Gasteiger partial charge in [-0.25, -0.2) is 0 Å². The zero-order valence-electron chi connectivity index (χ0n) is 40.6. The number of carbonyl (C=O) groups is 13. The predicted octanol–water partition coefficient (Wildman–Crippen LogP) is -7.74. The summed E-state index contributed by atoms with van der Waals surface area (Å²) in [4.78, 5) is 166. The molecule has 73 heavy (non-hydrogen) atoms. The van der Waals surface area contributed by atoms with Crippen LogP contribution in [0.4, 0.5) is 0 Å². The van der Waals surface area contributed by atoms with Crippen molar-refractivity contribution in [2.75, 3.05) is 31.2 Å². The maximum Gasteiger partial charge on any atom is 0.245 e. The molecule has 0 aliphatic heterocycles. The quantitative estimate of drug-likeness (QED) is 0.0291. The van der Waals surface area contributed by atoms with E-state index in [-0.39, 0.29) is 30.3 Å². The van der Waals surface area contributed by atoms with Crippen LogP contribution in [0.3, 0.4) is 0 Å². The summed E-state index contributed by atoms with van der Waals surface area (Å²) in [6.45, 7) is 3.09. The molecule has 0 bridgehead atoms. The Morgan fingerprint density at radius 2 is 1.03 bits per heavy atom. The first-order chi connectivity index (χ1) is 34.2. The first kappa shape index (κ1) is 64.0. The molecule has 0 fully saturated rings. The average Bonchev–Trinajstić information content (AvgIpc) is 3.31. The number of nitrogens with two attached hydrogens (primary N) is 3. The van der Waals surface area contributed by atoms with Crippen LogP contribution in [0.15, 0.2) is 30.3 Å². The van der Waals surface area contributed by atoms with Gasteiger partial charge < -0.3 is 80.6 Å². The van der Waals surface area contributed by atoms with Gasteiger partial charge in [-0.2, -0.15) is 25.3 Å². The predicted molar refractivity (Wildman–Crippen MR) is 265 cm³/mol. The van der Waals surface area contributed by atoms with Gasteiger partial charge in [0.15, 0.2) is 0 Å². The Balaban J connectivity index is 3.23. The fraction of sp³-hybridized carbons (Fsp3) is 0.558. The van der Waals surface area contributed by atoms with Crippen LogP contribution in [0, 0.1) is 5.92 Å². The molecule has 0 spiro atoms. The normalized spacial score (nSPS) is 14.5. The number of rotatable bonds is 33. The highest BCUT2D eigenvalue weighted by molar-refractivity contribution is 7.80. The van der Waals surface area contributed by atoms with Gasteiger partial charge in [-0.05, 0) is 31.2 Å². The molecule has 13 amide bonds. The van der Waals surface area contributed by atoms with E-state index in [9.17, 15) is 72.5 Å². The molecular formula is C43H67N13O15S2. The van der Waals surface area contributed by atoms with Crippen LogP contribution in [0.25, 0.3) is 0 Å². The van der Waals surface area contributed by atoms with E-state index in [1.165, 1.54) is 6.92 Å². The van der Waals surface area contributed by atoms with Gasteiger partial charge in [0.1, 0.15) is 48.3 Å². The highest BCUT2D eigenvalue weighted by Gasteiger charge is 2.35. The molecule has 0 unspecified atom stereocenters. The zero-order valence-corrected chi connectivity index (χ0v) is 42.3. The fourth-order valence-electron chi connectivity index (χ4n) is 6.38. The highest BCUT2D eigenvalue weighted by Crippen LogP contribution is 2.10. The van der Waals surface area contributed by atoms with Crippen LogP contribution in [-0.4, -0.2) is 173 Å². The second kappa shape index (κ2) is 32.8. The zero-order chi connectivity index (χ0) is 55.5. The number of carbonyl (C=O) groups excluding carboxylic acids is 13. The Labute approximate surface area is 430 Å². The molecule has 30 heteroatoms. The number of benzene rings is 1. The number of thiol groups is 2. The van der Waals surface area contributed by atoms with Crippen LogP contribution in [0.5, 0.6) is 0 Å². The van der Waals surface area contributed by atoms with Crippen molar-refractivity contribution in [1.82, 2.24) is 53.2 Å². The van der Waals surface area contributed by atoms with Gasteiger partial charge in [-0.1, -0.05) is 44.2 Å². The lowest BCUT2D eigenvalue weighted by Gasteiger charge is -2.28. The number of nitrogens with one attached hydrogen (secondary N) is 10. The van der Waals surface area contributed by atoms with Crippen LogP contribution in [0.2, 0.25) is 0 Å². The highest BCUT2D eigenvalue weighted by atomic mass is 32.1. The molecule has 9 atom stereocenters. The van der Waals surface area contributed by atoms with Crippen molar-refractivity contribution < 1.29 is 72.5 Å². The van der Waals surface area contributed by atoms with Crippen LogP contribution in [0.1, 0.15) is 58.9 Å². The van der Waals surface area contributed by atoms with Gasteiger partial charge in [0.2, 0.25) is 76.8 Å². The Hall–Kier alpha value is -7.05. The number of primary amides is 3. The molecule has 0 aromatic heterocycles. The molecule has 1 aromatic rings. The van der Waals surface area contributed by atoms with Crippen molar-refractivity contribution in [3.05, 3.63) is 35.9 Å². The number of hydrogen-bond donors (Lipinski definition) is 17. The minimum absolute atomic E-state index is 0.0155. The number of aliphatic hydroxyl groups is 2. The molecule has 406 valence electrons. The summed E-state index contributed by atoms with van der Waals surface area (Å²) < 4.78 is 0.